The van der Waals surface area contributed by atoms with Crippen molar-refractivity contribution < 1.29 is 23.9 Å². The predicted molar refractivity (Wildman–Crippen MR) is 130 cm³/mol. The summed E-state index contributed by atoms with van der Waals surface area (Å²) in [6, 6.07) is 13.7. The Hall–Kier alpha value is -4.47. The normalized spacial score (nSPS) is 14.6. The number of ether oxygens (including phenoxy) is 2. The highest BCUT2D eigenvalue weighted by Gasteiger charge is 2.29. The maximum atomic E-state index is 12.8. The number of nitrogens with two attached hydrogens (primary N) is 1. The molecule has 1 aliphatic heterocycles. The molecule has 1 atom stereocenters. The molecule has 0 unspecified atom stereocenters. The molecule has 0 spiro atoms. The summed E-state index contributed by atoms with van der Waals surface area (Å²) in [5.41, 5.74) is 6.00. The van der Waals surface area contributed by atoms with Gasteiger partial charge in [-0.05, 0) is 35.7 Å². The first kappa shape index (κ1) is 24.6. The van der Waals surface area contributed by atoms with Gasteiger partial charge in [-0.2, -0.15) is 0 Å². The van der Waals surface area contributed by atoms with Crippen LogP contribution in [0.3, 0.4) is 0 Å². The van der Waals surface area contributed by atoms with Gasteiger partial charge in [0.2, 0.25) is 5.78 Å². The van der Waals surface area contributed by atoms with E-state index >= 15 is 0 Å². The Bertz CT molecular complexity index is 1470. The molecule has 1 aliphatic rings. The van der Waals surface area contributed by atoms with Crippen molar-refractivity contribution in [1.29, 1.82) is 0 Å². The Balaban J connectivity index is 1.53. The van der Waals surface area contributed by atoms with E-state index in [9.17, 15) is 24.0 Å². The van der Waals surface area contributed by atoms with Gasteiger partial charge in [0, 0.05) is 20.0 Å². The molecule has 3 aromatic rings. The summed E-state index contributed by atoms with van der Waals surface area (Å²) >= 11 is 0. The minimum Gasteiger partial charge on any atom is -0.454 e. The number of hydrogen-bond donors (Lipinski definition) is 1. The molecule has 2 N–H and O–H groups in total. The number of rotatable bonds is 7. The van der Waals surface area contributed by atoms with Gasteiger partial charge >= 0.3 is 17.6 Å². The van der Waals surface area contributed by atoms with Crippen molar-refractivity contribution in [3.8, 4) is 0 Å². The molecule has 0 saturated carbocycles. The third-order valence-corrected chi connectivity index (χ3v) is 6.03. The minimum absolute atomic E-state index is 0.139. The van der Waals surface area contributed by atoms with E-state index in [1.165, 1.54) is 25.2 Å². The van der Waals surface area contributed by atoms with Gasteiger partial charge in [0.1, 0.15) is 17.5 Å². The standard InChI is InChI=1S/C26H25N3O7/c1-3-11-29-22(27)21(23(31)28(2)26(29)34)19(30)14-35-24(32)16-9-10-18-17(12-16)13-20(36-25(18)33)15-7-5-4-6-8-15/h4-10,12,20H,3,11,13-14,27H2,1-2H3/t20-/m0/s1. The highest BCUT2D eigenvalue weighted by atomic mass is 16.5. The third kappa shape index (κ3) is 4.57. The molecule has 0 amide bonds. The summed E-state index contributed by atoms with van der Waals surface area (Å²) in [7, 11) is 1.25. The predicted octanol–water partition coefficient (Wildman–Crippen LogP) is 2.03. The zero-order valence-electron chi connectivity index (χ0n) is 19.9. The number of benzene rings is 2. The third-order valence-electron chi connectivity index (χ3n) is 6.03. The number of aromatic nitrogens is 2. The number of Topliss-reactive ketones (excluding diaryl/α,β-unsaturated/α-hetero) is 1. The number of nitrogen functional groups attached to an aromatic ring is 1. The van der Waals surface area contributed by atoms with Crippen LogP contribution in [-0.2, 0) is 29.5 Å². The van der Waals surface area contributed by atoms with Crippen molar-refractivity contribution in [2.45, 2.75) is 32.4 Å². The summed E-state index contributed by atoms with van der Waals surface area (Å²) < 4.78 is 12.6. The van der Waals surface area contributed by atoms with E-state index in [-0.39, 0.29) is 17.9 Å². The maximum absolute atomic E-state index is 12.8. The van der Waals surface area contributed by atoms with E-state index in [1.54, 1.807) is 0 Å². The number of carbonyl (C=O) groups is 3. The van der Waals surface area contributed by atoms with Crippen LogP contribution in [0.1, 0.15) is 61.6 Å². The first-order valence-electron chi connectivity index (χ1n) is 11.4. The maximum Gasteiger partial charge on any atom is 0.339 e. The fourth-order valence-corrected chi connectivity index (χ4v) is 4.15. The number of nitrogens with zero attached hydrogens (tertiary/aromatic N) is 2. The fraction of sp³-hybridized carbons (Fsp3) is 0.269. The molecule has 0 aliphatic carbocycles. The van der Waals surface area contributed by atoms with Crippen molar-refractivity contribution in [2.75, 3.05) is 12.3 Å². The second kappa shape index (κ2) is 10.0. The van der Waals surface area contributed by atoms with Crippen LogP contribution in [0.4, 0.5) is 5.82 Å². The summed E-state index contributed by atoms with van der Waals surface area (Å²) in [6.07, 6.45) is 0.440. The highest BCUT2D eigenvalue weighted by molar-refractivity contribution is 6.02. The summed E-state index contributed by atoms with van der Waals surface area (Å²) in [4.78, 5) is 62.8. The molecule has 4 rings (SSSR count). The monoisotopic (exact) mass is 491 g/mol. The van der Waals surface area contributed by atoms with Gasteiger partial charge in [-0.25, -0.2) is 14.4 Å². The lowest BCUT2D eigenvalue weighted by molar-refractivity contribution is 0.0251. The Kier molecular flexibility index (Phi) is 6.86. The summed E-state index contributed by atoms with van der Waals surface area (Å²) in [5.74, 6) is -2.38. The van der Waals surface area contributed by atoms with Crippen LogP contribution in [0.25, 0.3) is 0 Å². The van der Waals surface area contributed by atoms with Crippen molar-refractivity contribution in [2.24, 2.45) is 7.05 Å². The molecular weight excluding hydrogens is 466 g/mol. The molecule has 0 saturated heterocycles. The number of ketones is 1. The molecular formula is C26H25N3O7. The Labute approximate surface area is 205 Å². The van der Waals surface area contributed by atoms with E-state index in [2.05, 4.69) is 0 Å². The second-order valence-electron chi connectivity index (χ2n) is 8.44. The number of fused-ring (bicyclic) bond motifs is 1. The molecule has 0 radical (unpaired) electrons. The van der Waals surface area contributed by atoms with Crippen LogP contribution in [0.2, 0.25) is 0 Å². The number of hydrogen-bond acceptors (Lipinski definition) is 8. The van der Waals surface area contributed by atoms with Crippen molar-refractivity contribution in [3.05, 3.63) is 97.2 Å². The molecule has 0 fully saturated rings. The number of cyclic esters (lactones) is 1. The number of anilines is 1. The Morgan fingerprint density at radius 2 is 1.83 bits per heavy atom. The van der Waals surface area contributed by atoms with Crippen LogP contribution in [0.5, 0.6) is 0 Å². The minimum atomic E-state index is -0.856. The lowest BCUT2D eigenvalue weighted by Crippen LogP contribution is -2.43. The highest BCUT2D eigenvalue weighted by Crippen LogP contribution is 2.31. The zero-order valence-corrected chi connectivity index (χ0v) is 19.9. The second-order valence-corrected chi connectivity index (χ2v) is 8.44. The van der Waals surface area contributed by atoms with E-state index < -0.39 is 47.2 Å². The van der Waals surface area contributed by atoms with Gasteiger partial charge in [-0.3, -0.25) is 18.7 Å². The summed E-state index contributed by atoms with van der Waals surface area (Å²) in [5, 5.41) is 0. The van der Waals surface area contributed by atoms with Gasteiger partial charge in [0.05, 0.1) is 11.1 Å². The molecule has 10 heteroatoms. The van der Waals surface area contributed by atoms with Crippen LogP contribution >= 0.6 is 0 Å². The molecule has 186 valence electrons. The lowest BCUT2D eigenvalue weighted by atomic mass is 9.93. The molecule has 10 nitrogen and oxygen atoms in total. The van der Waals surface area contributed by atoms with E-state index in [0.717, 1.165) is 14.7 Å². The van der Waals surface area contributed by atoms with Crippen LogP contribution in [-0.4, -0.2) is 33.5 Å². The number of carbonyl (C=O) groups excluding carboxylic acids is 3. The fourth-order valence-electron chi connectivity index (χ4n) is 4.15. The van der Waals surface area contributed by atoms with Gasteiger partial charge in [-0.15, -0.1) is 0 Å². The SMILES string of the molecule is CCCn1c(N)c(C(=O)COC(=O)c2ccc3c(c2)C[C@@H](c2ccccc2)OC3=O)c(=O)n(C)c1=O. The molecule has 0 bridgehead atoms. The van der Waals surface area contributed by atoms with Gasteiger partial charge in [0.25, 0.3) is 5.56 Å². The van der Waals surface area contributed by atoms with Crippen LogP contribution in [0, 0.1) is 0 Å². The quantitative estimate of drug-likeness (QED) is 0.391. The van der Waals surface area contributed by atoms with Crippen LogP contribution < -0.4 is 17.0 Å². The number of esters is 2. The first-order chi connectivity index (χ1) is 17.2. The molecule has 36 heavy (non-hydrogen) atoms. The van der Waals surface area contributed by atoms with Crippen molar-refractivity contribution in [3.63, 3.8) is 0 Å². The Morgan fingerprint density at radius 1 is 1.11 bits per heavy atom. The van der Waals surface area contributed by atoms with Gasteiger partial charge in [0.15, 0.2) is 6.61 Å². The van der Waals surface area contributed by atoms with Crippen molar-refractivity contribution in [1.82, 2.24) is 9.13 Å². The topological polar surface area (TPSA) is 140 Å². The smallest absolute Gasteiger partial charge is 0.339 e. The van der Waals surface area contributed by atoms with Crippen molar-refractivity contribution >= 4 is 23.5 Å². The lowest BCUT2D eigenvalue weighted by Gasteiger charge is -2.25. The largest absolute Gasteiger partial charge is 0.454 e. The average molecular weight is 492 g/mol. The molecule has 2 aromatic carbocycles. The van der Waals surface area contributed by atoms with Crippen LogP contribution in [0.15, 0.2) is 58.1 Å². The van der Waals surface area contributed by atoms with E-state index in [4.69, 9.17) is 15.2 Å². The first-order valence-corrected chi connectivity index (χ1v) is 11.4. The molecule has 2 heterocycles. The molecule has 1 aromatic heterocycles. The van der Waals surface area contributed by atoms with E-state index in [0.29, 0.717) is 24.0 Å². The summed E-state index contributed by atoms with van der Waals surface area (Å²) in [6.45, 7) is 1.30. The van der Waals surface area contributed by atoms with Gasteiger partial charge in [-0.1, -0.05) is 37.3 Å². The Morgan fingerprint density at radius 3 is 2.53 bits per heavy atom. The average Bonchev–Trinajstić information content (AvgIpc) is 2.88. The van der Waals surface area contributed by atoms with E-state index in [1.807, 2.05) is 37.3 Å². The van der Waals surface area contributed by atoms with Gasteiger partial charge < -0.3 is 15.2 Å². The zero-order chi connectivity index (χ0) is 26.0.